The highest BCUT2D eigenvalue weighted by atomic mass is 16.6. The van der Waals surface area contributed by atoms with Gasteiger partial charge in [-0.15, -0.1) is 0 Å². The fraction of sp³-hybridized carbons (Fsp3) is 0.458. The van der Waals surface area contributed by atoms with Crippen molar-refractivity contribution in [3.63, 3.8) is 0 Å². The fourth-order valence-electron chi connectivity index (χ4n) is 6.49. The molecule has 9 nitrogen and oxygen atoms in total. The molecule has 0 spiro atoms. The van der Waals surface area contributed by atoms with Crippen LogP contribution in [0.3, 0.4) is 0 Å². The summed E-state index contributed by atoms with van der Waals surface area (Å²) >= 11 is 0. The highest BCUT2D eigenvalue weighted by molar-refractivity contribution is 6.01. The summed E-state index contributed by atoms with van der Waals surface area (Å²) in [6.45, 7) is 0.352. The molecule has 6 rings (SSSR count). The second-order valence-corrected chi connectivity index (χ2v) is 9.74. The molecule has 33 heavy (non-hydrogen) atoms. The lowest BCUT2D eigenvalue weighted by atomic mass is 9.48. The maximum absolute atomic E-state index is 12.2. The van der Waals surface area contributed by atoms with E-state index in [-0.39, 0.29) is 46.0 Å². The van der Waals surface area contributed by atoms with Crippen molar-refractivity contribution in [2.24, 2.45) is 28.9 Å². The SMILES string of the molecule is N#CC12CC3CC(C1)C(Nc1c(C(N)=O)cnc(NCc4ccccc4)c1[N+](=O)[O-])C(C3)C2. The number of nitrogens with one attached hydrogen (secondary N) is 2. The lowest BCUT2D eigenvalue weighted by Gasteiger charge is -2.57. The summed E-state index contributed by atoms with van der Waals surface area (Å²) in [6.07, 6.45) is 5.84. The smallest absolute Gasteiger partial charge is 0.335 e. The summed E-state index contributed by atoms with van der Waals surface area (Å²) in [7, 11) is 0. The van der Waals surface area contributed by atoms with E-state index >= 15 is 0 Å². The number of pyridine rings is 1. The quantitative estimate of drug-likeness (QED) is 0.432. The number of primary amides is 1. The minimum Gasteiger partial charge on any atom is -0.375 e. The van der Waals surface area contributed by atoms with E-state index < -0.39 is 10.8 Å². The van der Waals surface area contributed by atoms with Gasteiger partial charge in [0.25, 0.3) is 5.91 Å². The van der Waals surface area contributed by atoms with Crippen molar-refractivity contribution in [2.75, 3.05) is 10.6 Å². The zero-order valence-corrected chi connectivity index (χ0v) is 18.2. The van der Waals surface area contributed by atoms with Gasteiger partial charge in [0.15, 0.2) is 0 Å². The Kier molecular flexibility index (Phi) is 5.16. The molecule has 4 bridgehead atoms. The molecule has 0 radical (unpaired) electrons. The first-order valence-electron chi connectivity index (χ1n) is 11.3. The zero-order valence-electron chi connectivity index (χ0n) is 18.2. The normalized spacial score (nSPS) is 29.3. The monoisotopic (exact) mass is 446 g/mol. The number of nitrogens with two attached hydrogens (primary N) is 1. The highest BCUT2D eigenvalue weighted by Crippen LogP contribution is 2.60. The summed E-state index contributed by atoms with van der Waals surface area (Å²) in [4.78, 5) is 28.0. The van der Waals surface area contributed by atoms with Crippen LogP contribution >= 0.6 is 0 Å². The molecule has 0 aliphatic heterocycles. The molecule has 2 atom stereocenters. The average molecular weight is 447 g/mol. The predicted molar refractivity (Wildman–Crippen MR) is 122 cm³/mol. The predicted octanol–water partition coefficient (Wildman–Crippen LogP) is 3.83. The number of hydrogen-bond acceptors (Lipinski definition) is 7. The Morgan fingerprint density at radius 1 is 1.24 bits per heavy atom. The molecular formula is C24H26N6O3. The molecule has 0 saturated heterocycles. The first-order valence-corrected chi connectivity index (χ1v) is 11.3. The molecule has 1 heterocycles. The van der Waals surface area contributed by atoms with Gasteiger partial charge >= 0.3 is 5.69 Å². The lowest BCUT2D eigenvalue weighted by Crippen LogP contribution is -2.55. The minimum atomic E-state index is -0.764. The molecule has 1 amide bonds. The zero-order chi connectivity index (χ0) is 23.2. The Morgan fingerprint density at radius 3 is 2.55 bits per heavy atom. The molecule has 170 valence electrons. The third kappa shape index (κ3) is 3.75. The van der Waals surface area contributed by atoms with Crippen molar-refractivity contribution in [3.8, 4) is 6.07 Å². The number of nitrogens with zero attached hydrogens (tertiary/aromatic N) is 3. The van der Waals surface area contributed by atoms with Crippen molar-refractivity contribution in [3.05, 3.63) is 57.8 Å². The highest BCUT2D eigenvalue weighted by Gasteiger charge is 2.56. The number of amides is 1. The molecule has 4 fully saturated rings. The van der Waals surface area contributed by atoms with Crippen LogP contribution in [0.5, 0.6) is 0 Å². The van der Waals surface area contributed by atoms with Crippen LogP contribution < -0.4 is 16.4 Å². The standard InChI is InChI=1S/C24H26N6O3/c25-13-24-8-15-6-16(9-24)19(17(7-15)10-24)29-20-18(22(26)31)12-28-23(21(20)30(32)33)27-11-14-4-2-1-3-5-14/h1-5,12,15-17,19H,6-11H2,(H2,26,31)(H2,27,28,29). The molecular weight excluding hydrogens is 420 g/mol. The van der Waals surface area contributed by atoms with E-state index in [1.165, 1.54) is 6.20 Å². The average Bonchev–Trinajstić information content (AvgIpc) is 2.79. The van der Waals surface area contributed by atoms with Gasteiger partial charge in [0.1, 0.15) is 5.69 Å². The van der Waals surface area contributed by atoms with Crippen LogP contribution in [-0.2, 0) is 6.54 Å². The summed E-state index contributed by atoms with van der Waals surface area (Å²) in [5.74, 6) is 0.343. The van der Waals surface area contributed by atoms with Gasteiger partial charge in [-0.1, -0.05) is 30.3 Å². The van der Waals surface area contributed by atoms with Gasteiger partial charge in [-0.05, 0) is 55.4 Å². The minimum absolute atomic E-state index is 0.00997. The van der Waals surface area contributed by atoms with Crippen LogP contribution in [0.15, 0.2) is 36.5 Å². The van der Waals surface area contributed by atoms with E-state index in [2.05, 4.69) is 21.7 Å². The first kappa shape index (κ1) is 21.2. The van der Waals surface area contributed by atoms with Gasteiger partial charge in [0, 0.05) is 18.8 Å². The summed E-state index contributed by atoms with van der Waals surface area (Å²) in [6, 6.07) is 12.0. The number of benzene rings is 1. The molecule has 2 aromatic rings. The van der Waals surface area contributed by atoms with Crippen LogP contribution in [-0.4, -0.2) is 21.9 Å². The van der Waals surface area contributed by atoms with Gasteiger partial charge in [-0.2, -0.15) is 5.26 Å². The van der Waals surface area contributed by atoms with E-state index in [9.17, 15) is 20.2 Å². The Hall–Kier alpha value is -3.67. The van der Waals surface area contributed by atoms with E-state index in [1.54, 1.807) is 0 Å². The van der Waals surface area contributed by atoms with E-state index in [0.717, 1.165) is 37.7 Å². The second kappa shape index (κ2) is 8.03. The maximum atomic E-state index is 12.2. The van der Waals surface area contributed by atoms with E-state index in [0.29, 0.717) is 12.5 Å². The Bertz CT molecular complexity index is 1130. The summed E-state index contributed by atoms with van der Waals surface area (Å²) in [5, 5.41) is 28.4. The first-order chi connectivity index (χ1) is 15.9. The van der Waals surface area contributed by atoms with Crippen LogP contribution in [0.4, 0.5) is 17.2 Å². The molecule has 4 saturated carbocycles. The Balaban J connectivity index is 1.49. The maximum Gasteiger partial charge on any atom is 0.335 e. The summed E-state index contributed by atoms with van der Waals surface area (Å²) in [5.41, 5.74) is 6.13. The van der Waals surface area contributed by atoms with Crippen LogP contribution in [0.2, 0.25) is 0 Å². The third-order valence-corrected chi connectivity index (χ3v) is 7.63. The molecule has 1 aromatic carbocycles. The van der Waals surface area contributed by atoms with Crippen molar-refractivity contribution >= 4 is 23.1 Å². The number of aromatic nitrogens is 1. The van der Waals surface area contributed by atoms with Gasteiger partial charge in [0.2, 0.25) is 5.82 Å². The largest absolute Gasteiger partial charge is 0.375 e. The van der Waals surface area contributed by atoms with Crippen LogP contribution in [0.1, 0.15) is 48.0 Å². The van der Waals surface area contributed by atoms with Crippen LogP contribution in [0.25, 0.3) is 0 Å². The topological polar surface area (TPSA) is 147 Å². The van der Waals surface area contributed by atoms with Gasteiger partial charge in [-0.3, -0.25) is 14.9 Å². The number of carbonyl (C=O) groups excluding carboxylic acids is 1. The molecule has 2 unspecified atom stereocenters. The Labute approximate surface area is 191 Å². The van der Waals surface area contributed by atoms with Gasteiger partial charge in [-0.25, -0.2) is 4.98 Å². The number of carbonyl (C=O) groups is 1. The van der Waals surface area contributed by atoms with Crippen molar-refractivity contribution in [2.45, 2.75) is 44.7 Å². The van der Waals surface area contributed by atoms with Crippen molar-refractivity contribution < 1.29 is 9.72 Å². The number of rotatable bonds is 7. The number of hydrogen-bond donors (Lipinski definition) is 3. The molecule has 9 heteroatoms. The van der Waals surface area contributed by atoms with E-state index in [1.807, 2.05) is 30.3 Å². The van der Waals surface area contributed by atoms with E-state index in [4.69, 9.17) is 5.73 Å². The number of nitro groups is 1. The second-order valence-electron chi connectivity index (χ2n) is 9.74. The van der Waals surface area contributed by atoms with Gasteiger partial charge in [0.05, 0.1) is 22.0 Å². The summed E-state index contributed by atoms with van der Waals surface area (Å²) < 4.78 is 0. The van der Waals surface area contributed by atoms with Crippen LogP contribution in [0, 0.1) is 44.6 Å². The van der Waals surface area contributed by atoms with Crippen molar-refractivity contribution in [1.29, 1.82) is 5.26 Å². The Morgan fingerprint density at radius 2 is 1.94 bits per heavy atom. The molecule has 4 aliphatic rings. The molecule has 4 aliphatic carbocycles. The number of anilines is 2. The molecule has 4 N–H and O–H groups in total. The third-order valence-electron chi connectivity index (χ3n) is 7.63. The number of nitriles is 1. The molecule has 1 aromatic heterocycles. The van der Waals surface area contributed by atoms with Gasteiger partial charge < -0.3 is 16.4 Å². The lowest BCUT2D eigenvalue weighted by molar-refractivity contribution is -0.383. The fourth-order valence-corrected chi connectivity index (χ4v) is 6.49. The van der Waals surface area contributed by atoms with Crippen molar-refractivity contribution in [1.82, 2.24) is 4.98 Å².